The Morgan fingerprint density at radius 1 is 1.19 bits per heavy atom. The van der Waals surface area contributed by atoms with Gasteiger partial charge in [0, 0.05) is 18.4 Å². The number of nitrogens with one attached hydrogen (secondary N) is 2. The molecule has 2 aromatic carbocycles. The first-order valence-electron chi connectivity index (χ1n) is 6.99. The fraction of sp³-hybridized carbons (Fsp3) is 0.176. The van der Waals surface area contributed by atoms with Gasteiger partial charge in [-0.15, -0.1) is 0 Å². The molecule has 0 radical (unpaired) electrons. The van der Waals surface area contributed by atoms with Crippen molar-refractivity contribution >= 4 is 28.2 Å². The number of aromatic nitrogens is 1. The molecule has 2 N–H and O–H groups in total. The van der Waals surface area contributed by atoms with Crippen molar-refractivity contribution in [2.24, 2.45) is 0 Å². The second-order valence-corrected chi connectivity index (χ2v) is 5.20. The molecule has 0 fully saturated rings. The highest BCUT2D eigenvalue weighted by molar-refractivity contribution is 6.32. The topological polar surface area (TPSA) is 37.0 Å². The van der Waals surface area contributed by atoms with Crippen LogP contribution in [0.2, 0.25) is 5.02 Å². The van der Waals surface area contributed by atoms with Gasteiger partial charge in [-0.2, -0.15) is 0 Å². The lowest BCUT2D eigenvalue weighted by atomic mass is 10.1. The minimum atomic E-state index is 0.612. The van der Waals surface area contributed by atoms with Gasteiger partial charge < -0.3 is 15.0 Å². The molecular weight excluding hydrogens is 284 g/mol. The van der Waals surface area contributed by atoms with Crippen LogP contribution in [-0.2, 0) is 6.54 Å². The molecule has 0 spiro atoms. The van der Waals surface area contributed by atoms with Gasteiger partial charge in [0.05, 0.1) is 17.1 Å². The molecular formula is C17H17ClN2O. The summed E-state index contributed by atoms with van der Waals surface area (Å²) >= 11 is 6.20. The van der Waals surface area contributed by atoms with Gasteiger partial charge in [0.15, 0.2) is 0 Å². The normalized spacial score (nSPS) is 10.8. The first kappa shape index (κ1) is 13.8. The van der Waals surface area contributed by atoms with Gasteiger partial charge in [-0.25, -0.2) is 0 Å². The average molecular weight is 301 g/mol. The summed E-state index contributed by atoms with van der Waals surface area (Å²) in [6.45, 7) is 3.29. The molecule has 0 unspecified atom stereocenters. The standard InChI is InChI=1S/C17H17ClN2O/c1-2-21-16-7-6-14(10-15(16)18)20-11-13-5-3-4-12-8-9-19-17(12)13/h3-10,19-20H,2,11H2,1H3. The second kappa shape index (κ2) is 6.10. The number of ether oxygens (including phenoxy) is 1. The van der Waals surface area contributed by atoms with Crippen molar-refractivity contribution in [1.82, 2.24) is 4.98 Å². The van der Waals surface area contributed by atoms with Crippen LogP contribution in [0.5, 0.6) is 5.75 Å². The molecule has 3 aromatic rings. The van der Waals surface area contributed by atoms with E-state index in [2.05, 4.69) is 34.6 Å². The maximum absolute atomic E-state index is 6.20. The smallest absolute Gasteiger partial charge is 0.138 e. The quantitative estimate of drug-likeness (QED) is 0.708. The van der Waals surface area contributed by atoms with E-state index in [1.165, 1.54) is 16.5 Å². The van der Waals surface area contributed by atoms with Gasteiger partial charge in [0.25, 0.3) is 0 Å². The minimum Gasteiger partial charge on any atom is -0.492 e. The van der Waals surface area contributed by atoms with Gasteiger partial charge in [-0.05, 0) is 42.1 Å². The van der Waals surface area contributed by atoms with Crippen LogP contribution in [0.15, 0.2) is 48.7 Å². The Morgan fingerprint density at radius 3 is 2.90 bits per heavy atom. The summed E-state index contributed by atoms with van der Waals surface area (Å²) < 4.78 is 5.44. The molecule has 1 heterocycles. The Kier molecular flexibility index (Phi) is 4.02. The van der Waals surface area contributed by atoms with Crippen LogP contribution >= 0.6 is 11.6 Å². The molecule has 1 aromatic heterocycles. The van der Waals surface area contributed by atoms with E-state index in [-0.39, 0.29) is 0 Å². The number of rotatable bonds is 5. The van der Waals surface area contributed by atoms with Gasteiger partial charge >= 0.3 is 0 Å². The van der Waals surface area contributed by atoms with Crippen LogP contribution in [0.4, 0.5) is 5.69 Å². The summed E-state index contributed by atoms with van der Waals surface area (Å²) in [7, 11) is 0. The molecule has 4 heteroatoms. The number of anilines is 1. The van der Waals surface area contributed by atoms with E-state index in [1.54, 1.807) is 0 Å². The maximum Gasteiger partial charge on any atom is 0.138 e. The summed E-state index contributed by atoms with van der Waals surface area (Å²) in [5.41, 5.74) is 3.37. The number of halogens is 1. The van der Waals surface area contributed by atoms with E-state index in [9.17, 15) is 0 Å². The number of fused-ring (bicyclic) bond motifs is 1. The molecule has 0 aliphatic heterocycles. The highest BCUT2D eigenvalue weighted by Crippen LogP contribution is 2.28. The largest absolute Gasteiger partial charge is 0.492 e. The molecule has 3 rings (SSSR count). The molecule has 0 saturated carbocycles. The highest BCUT2D eigenvalue weighted by Gasteiger charge is 2.04. The maximum atomic E-state index is 6.20. The Balaban J connectivity index is 1.75. The fourth-order valence-corrected chi connectivity index (χ4v) is 2.61. The number of H-pyrrole nitrogens is 1. The zero-order chi connectivity index (χ0) is 14.7. The van der Waals surface area contributed by atoms with Gasteiger partial charge in [-0.1, -0.05) is 29.8 Å². The average Bonchev–Trinajstić information content (AvgIpc) is 2.97. The van der Waals surface area contributed by atoms with Crippen LogP contribution in [-0.4, -0.2) is 11.6 Å². The van der Waals surface area contributed by atoms with E-state index in [0.717, 1.165) is 18.0 Å². The SMILES string of the molecule is CCOc1ccc(NCc2cccc3cc[nH]c23)cc1Cl. The minimum absolute atomic E-state index is 0.612. The van der Waals surface area contributed by atoms with Crippen molar-refractivity contribution in [1.29, 1.82) is 0 Å². The third-order valence-electron chi connectivity index (χ3n) is 3.39. The number of benzene rings is 2. The van der Waals surface area contributed by atoms with Crippen molar-refractivity contribution in [3.05, 3.63) is 59.2 Å². The summed E-state index contributed by atoms with van der Waals surface area (Å²) in [6.07, 6.45) is 1.96. The first-order chi connectivity index (χ1) is 10.3. The van der Waals surface area contributed by atoms with E-state index < -0.39 is 0 Å². The number of para-hydroxylation sites is 1. The van der Waals surface area contributed by atoms with Gasteiger partial charge in [-0.3, -0.25) is 0 Å². The summed E-state index contributed by atoms with van der Waals surface area (Å²) in [5, 5.41) is 5.24. The van der Waals surface area contributed by atoms with Gasteiger partial charge in [0.1, 0.15) is 5.75 Å². The molecule has 0 aliphatic rings. The molecule has 0 amide bonds. The molecule has 0 saturated heterocycles. The second-order valence-electron chi connectivity index (χ2n) is 4.79. The number of aromatic amines is 1. The van der Waals surface area contributed by atoms with Crippen LogP contribution in [0.3, 0.4) is 0 Å². The fourth-order valence-electron chi connectivity index (χ4n) is 2.38. The third kappa shape index (κ3) is 2.98. The number of hydrogen-bond donors (Lipinski definition) is 2. The van der Waals surface area contributed by atoms with Crippen molar-refractivity contribution < 1.29 is 4.74 Å². The molecule has 3 nitrogen and oxygen atoms in total. The Hall–Kier alpha value is -2.13. The highest BCUT2D eigenvalue weighted by atomic mass is 35.5. The molecule has 21 heavy (non-hydrogen) atoms. The molecule has 0 aliphatic carbocycles. The summed E-state index contributed by atoms with van der Waals surface area (Å²) in [4.78, 5) is 3.28. The lowest BCUT2D eigenvalue weighted by molar-refractivity contribution is 0.340. The van der Waals surface area contributed by atoms with Crippen LogP contribution in [0, 0.1) is 0 Å². The number of hydrogen-bond acceptors (Lipinski definition) is 2. The van der Waals surface area contributed by atoms with E-state index >= 15 is 0 Å². The van der Waals surface area contributed by atoms with Crippen LogP contribution in [0.25, 0.3) is 10.9 Å². The third-order valence-corrected chi connectivity index (χ3v) is 3.68. The summed E-state index contributed by atoms with van der Waals surface area (Å²) in [6, 6.07) is 14.1. The van der Waals surface area contributed by atoms with E-state index in [1.807, 2.05) is 31.3 Å². The van der Waals surface area contributed by atoms with Crippen LogP contribution in [0.1, 0.15) is 12.5 Å². The zero-order valence-electron chi connectivity index (χ0n) is 11.8. The van der Waals surface area contributed by atoms with Gasteiger partial charge in [0.2, 0.25) is 0 Å². The Labute approximate surface area is 128 Å². The summed E-state index contributed by atoms with van der Waals surface area (Å²) in [5.74, 6) is 0.719. The molecule has 0 bridgehead atoms. The van der Waals surface area contributed by atoms with Crippen molar-refractivity contribution in [2.75, 3.05) is 11.9 Å². The Bertz CT molecular complexity index is 751. The van der Waals surface area contributed by atoms with E-state index in [4.69, 9.17) is 16.3 Å². The molecule has 108 valence electrons. The molecule has 0 atom stereocenters. The monoisotopic (exact) mass is 300 g/mol. The predicted octanol–water partition coefficient (Wildman–Crippen LogP) is 4.83. The lowest BCUT2D eigenvalue weighted by Gasteiger charge is -2.10. The van der Waals surface area contributed by atoms with Crippen molar-refractivity contribution in [3.63, 3.8) is 0 Å². The zero-order valence-corrected chi connectivity index (χ0v) is 12.6. The van der Waals surface area contributed by atoms with Crippen molar-refractivity contribution in [2.45, 2.75) is 13.5 Å². The first-order valence-corrected chi connectivity index (χ1v) is 7.37. The predicted molar refractivity (Wildman–Crippen MR) is 88.2 cm³/mol. The van der Waals surface area contributed by atoms with Crippen molar-refractivity contribution in [3.8, 4) is 5.75 Å². The van der Waals surface area contributed by atoms with E-state index in [0.29, 0.717) is 11.6 Å². The van der Waals surface area contributed by atoms with Crippen LogP contribution < -0.4 is 10.1 Å². The lowest BCUT2D eigenvalue weighted by Crippen LogP contribution is -2.00. The Morgan fingerprint density at radius 2 is 2.10 bits per heavy atom.